The van der Waals surface area contributed by atoms with E-state index < -0.39 is 17.4 Å². The zero-order valence-corrected chi connectivity index (χ0v) is 8.22. The van der Waals surface area contributed by atoms with Crippen molar-refractivity contribution in [2.24, 2.45) is 5.73 Å². The fraction of sp³-hybridized carbons (Fsp3) is 0.300. The van der Waals surface area contributed by atoms with Crippen LogP contribution in [0.4, 0.5) is 8.78 Å². The lowest BCUT2D eigenvalue weighted by Gasteiger charge is -2.07. The van der Waals surface area contributed by atoms with Gasteiger partial charge in [0.15, 0.2) is 5.78 Å². The summed E-state index contributed by atoms with van der Waals surface area (Å²) in [5.74, 6) is -2.19. The summed E-state index contributed by atoms with van der Waals surface area (Å²) in [5.41, 5.74) is 4.64. The first kappa shape index (κ1) is 11.7. The topological polar surface area (TPSA) is 52.3 Å². The Balaban J connectivity index is 3.21. The molecule has 0 saturated carbocycles. The Morgan fingerprint density at radius 2 is 2.13 bits per heavy atom. The number of benzene rings is 1. The first-order valence-electron chi connectivity index (χ1n) is 4.31. The molecule has 3 nitrogen and oxygen atoms in total. The molecular weight excluding hydrogens is 204 g/mol. The van der Waals surface area contributed by atoms with Gasteiger partial charge in [-0.1, -0.05) is 0 Å². The molecule has 15 heavy (non-hydrogen) atoms. The summed E-state index contributed by atoms with van der Waals surface area (Å²) in [6, 6.07) is 2.11. The third-order valence-corrected chi connectivity index (χ3v) is 1.96. The van der Waals surface area contributed by atoms with Crippen molar-refractivity contribution < 1.29 is 18.3 Å². The van der Waals surface area contributed by atoms with E-state index in [0.29, 0.717) is 0 Å². The number of carbonyl (C=O) groups is 1. The highest BCUT2D eigenvalue weighted by Crippen LogP contribution is 2.18. The molecule has 0 aliphatic carbocycles. The maximum Gasteiger partial charge on any atom is 0.179 e. The van der Waals surface area contributed by atoms with E-state index in [1.54, 1.807) is 0 Å². The summed E-state index contributed by atoms with van der Waals surface area (Å²) < 4.78 is 31.3. The van der Waals surface area contributed by atoms with Gasteiger partial charge in [-0.25, -0.2) is 8.78 Å². The monoisotopic (exact) mass is 215 g/mol. The molecule has 0 amide bonds. The third-order valence-electron chi connectivity index (χ3n) is 1.96. The van der Waals surface area contributed by atoms with Crippen LogP contribution < -0.4 is 5.73 Å². The number of methoxy groups -OCH3 is 1. The average molecular weight is 215 g/mol. The van der Waals surface area contributed by atoms with Gasteiger partial charge >= 0.3 is 0 Å². The van der Waals surface area contributed by atoms with Gasteiger partial charge in [-0.15, -0.1) is 0 Å². The van der Waals surface area contributed by atoms with Gasteiger partial charge in [0.05, 0.1) is 18.7 Å². The normalized spacial score (nSPS) is 10.4. The fourth-order valence-electron chi connectivity index (χ4n) is 1.20. The Labute approximate surface area is 85.8 Å². The Kier molecular flexibility index (Phi) is 3.88. The van der Waals surface area contributed by atoms with Crippen molar-refractivity contribution in [3.63, 3.8) is 0 Å². The second kappa shape index (κ2) is 4.95. The Bertz CT molecular complexity index is 380. The molecule has 0 atom stereocenters. The van der Waals surface area contributed by atoms with E-state index in [1.807, 2.05) is 0 Å². The van der Waals surface area contributed by atoms with Crippen LogP contribution in [0, 0.1) is 11.6 Å². The minimum atomic E-state index is -0.896. The maximum absolute atomic E-state index is 13.6. The van der Waals surface area contributed by atoms with E-state index in [1.165, 1.54) is 7.11 Å². The molecule has 0 fully saturated rings. The first-order chi connectivity index (χ1) is 7.11. The van der Waals surface area contributed by atoms with E-state index in [4.69, 9.17) is 5.73 Å². The van der Waals surface area contributed by atoms with Crippen molar-refractivity contribution in [2.75, 3.05) is 13.7 Å². The number of Topliss-reactive ketones (excluding diaryl/α,β-unsaturated/α-hetero) is 1. The van der Waals surface area contributed by atoms with Crippen molar-refractivity contribution in [2.45, 2.75) is 6.61 Å². The molecule has 0 saturated heterocycles. The van der Waals surface area contributed by atoms with Crippen molar-refractivity contribution >= 4 is 5.78 Å². The number of carbonyl (C=O) groups excluding carboxylic acids is 1. The largest absolute Gasteiger partial charge is 0.380 e. The fourth-order valence-corrected chi connectivity index (χ4v) is 1.20. The standard InChI is InChI=1S/C10H11F2NO2/c1-15-5-7-8(11)3-2-6(10(7)12)9(14)4-13/h2-3H,4-5,13H2,1H3. The molecule has 2 N–H and O–H groups in total. The van der Waals surface area contributed by atoms with Crippen LogP contribution in [0.1, 0.15) is 15.9 Å². The Hall–Kier alpha value is -1.33. The molecule has 1 aromatic carbocycles. The van der Waals surface area contributed by atoms with E-state index in [0.717, 1.165) is 12.1 Å². The number of ketones is 1. The zero-order chi connectivity index (χ0) is 11.4. The van der Waals surface area contributed by atoms with Crippen molar-refractivity contribution in [3.8, 4) is 0 Å². The molecular formula is C10H11F2NO2. The minimum Gasteiger partial charge on any atom is -0.380 e. The van der Waals surface area contributed by atoms with Gasteiger partial charge in [0, 0.05) is 12.7 Å². The lowest BCUT2D eigenvalue weighted by molar-refractivity contribution is 0.0996. The van der Waals surface area contributed by atoms with Crippen molar-refractivity contribution in [1.29, 1.82) is 0 Å². The minimum absolute atomic E-state index is 0.203. The van der Waals surface area contributed by atoms with Crippen LogP contribution in [0.15, 0.2) is 12.1 Å². The highest BCUT2D eigenvalue weighted by atomic mass is 19.1. The number of hydrogen-bond acceptors (Lipinski definition) is 3. The number of nitrogens with two attached hydrogens (primary N) is 1. The van der Waals surface area contributed by atoms with Gasteiger partial charge in [0.1, 0.15) is 11.6 Å². The molecule has 0 bridgehead atoms. The highest BCUT2D eigenvalue weighted by Gasteiger charge is 2.17. The summed E-state index contributed by atoms with van der Waals surface area (Å²) in [5, 5.41) is 0. The van der Waals surface area contributed by atoms with Gasteiger partial charge in [0.2, 0.25) is 0 Å². The lowest BCUT2D eigenvalue weighted by Crippen LogP contribution is -2.16. The van der Waals surface area contributed by atoms with Gasteiger partial charge in [0.25, 0.3) is 0 Å². The Morgan fingerprint density at radius 3 is 2.67 bits per heavy atom. The van der Waals surface area contributed by atoms with Crippen molar-refractivity contribution in [1.82, 2.24) is 0 Å². The number of hydrogen-bond donors (Lipinski definition) is 1. The smallest absolute Gasteiger partial charge is 0.179 e. The molecule has 0 unspecified atom stereocenters. The van der Waals surface area contributed by atoms with Crippen molar-refractivity contribution in [3.05, 3.63) is 34.9 Å². The summed E-state index contributed by atoms with van der Waals surface area (Å²) in [4.78, 5) is 11.2. The molecule has 0 spiro atoms. The molecule has 1 rings (SSSR count). The molecule has 0 heterocycles. The summed E-state index contributed by atoms with van der Waals surface area (Å²) >= 11 is 0. The molecule has 0 aliphatic heterocycles. The van der Waals surface area contributed by atoms with Crippen LogP contribution in [-0.2, 0) is 11.3 Å². The molecule has 1 aromatic rings. The quantitative estimate of drug-likeness (QED) is 0.769. The average Bonchev–Trinajstić information content (AvgIpc) is 2.23. The number of ether oxygens (including phenoxy) is 1. The number of halogens is 2. The van der Waals surface area contributed by atoms with Crippen LogP contribution in [-0.4, -0.2) is 19.4 Å². The molecule has 0 aliphatic rings. The summed E-state index contributed by atoms with van der Waals surface area (Å²) in [6.07, 6.45) is 0. The lowest BCUT2D eigenvalue weighted by atomic mass is 10.1. The second-order valence-electron chi connectivity index (χ2n) is 2.95. The number of rotatable bonds is 4. The van der Waals surface area contributed by atoms with Crippen LogP contribution in [0.2, 0.25) is 0 Å². The highest BCUT2D eigenvalue weighted by molar-refractivity contribution is 5.97. The zero-order valence-electron chi connectivity index (χ0n) is 8.22. The van der Waals surface area contributed by atoms with E-state index in [2.05, 4.69) is 4.74 Å². The second-order valence-corrected chi connectivity index (χ2v) is 2.95. The van der Waals surface area contributed by atoms with Crippen LogP contribution in [0.25, 0.3) is 0 Å². The SMILES string of the molecule is COCc1c(F)ccc(C(=O)CN)c1F. The molecule has 82 valence electrons. The molecule has 5 heteroatoms. The van der Waals surface area contributed by atoms with E-state index in [9.17, 15) is 13.6 Å². The maximum atomic E-state index is 13.6. The van der Waals surface area contributed by atoms with Gasteiger partial charge in [-0.05, 0) is 12.1 Å². The van der Waals surface area contributed by atoms with Crippen LogP contribution >= 0.6 is 0 Å². The van der Waals surface area contributed by atoms with Crippen LogP contribution in [0.3, 0.4) is 0 Å². The molecule has 0 aromatic heterocycles. The van der Waals surface area contributed by atoms with Crippen LogP contribution in [0.5, 0.6) is 0 Å². The third kappa shape index (κ3) is 2.37. The predicted molar refractivity (Wildman–Crippen MR) is 50.5 cm³/mol. The van der Waals surface area contributed by atoms with Gasteiger partial charge in [-0.3, -0.25) is 4.79 Å². The molecule has 0 radical (unpaired) electrons. The van der Waals surface area contributed by atoms with Gasteiger partial charge in [-0.2, -0.15) is 0 Å². The predicted octanol–water partition coefficient (Wildman–Crippen LogP) is 1.25. The summed E-state index contributed by atoms with van der Waals surface area (Å²) in [7, 11) is 1.32. The van der Waals surface area contributed by atoms with E-state index >= 15 is 0 Å². The van der Waals surface area contributed by atoms with Gasteiger partial charge < -0.3 is 10.5 Å². The Morgan fingerprint density at radius 1 is 1.47 bits per heavy atom. The summed E-state index contributed by atoms with van der Waals surface area (Å²) in [6.45, 7) is -0.529. The first-order valence-corrected chi connectivity index (χ1v) is 4.31. The van der Waals surface area contributed by atoms with E-state index in [-0.39, 0.29) is 24.3 Å².